The molecule has 1 heterocycles. The number of ether oxygens (including phenoxy) is 2. The van der Waals surface area contributed by atoms with E-state index in [1.54, 1.807) is 11.8 Å². The van der Waals surface area contributed by atoms with Gasteiger partial charge in [-0.15, -0.1) is 0 Å². The molecule has 1 rings (SSSR count). The molecule has 7 nitrogen and oxygen atoms in total. The molecule has 0 radical (unpaired) electrons. The zero-order valence-corrected chi connectivity index (χ0v) is 11.6. The minimum absolute atomic E-state index is 0.0233. The molecule has 1 atom stereocenters. The van der Waals surface area contributed by atoms with Gasteiger partial charge in [0.05, 0.1) is 19.2 Å². The Kier molecular flexibility index (Phi) is 5.56. The lowest BCUT2D eigenvalue weighted by atomic mass is 9.97. The Morgan fingerprint density at radius 2 is 2.11 bits per heavy atom. The van der Waals surface area contributed by atoms with Crippen LogP contribution in [0.5, 0.6) is 0 Å². The lowest BCUT2D eigenvalue weighted by Crippen LogP contribution is -2.65. The zero-order valence-electron chi connectivity index (χ0n) is 11.6. The maximum absolute atomic E-state index is 11.7. The van der Waals surface area contributed by atoms with Crippen molar-refractivity contribution < 1.29 is 24.2 Å². The van der Waals surface area contributed by atoms with Crippen LogP contribution in [0.3, 0.4) is 0 Å². The highest BCUT2D eigenvalue weighted by atomic mass is 16.5. The summed E-state index contributed by atoms with van der Waals surface area (Å²) in [5.41, 5.74) is -0.554. The number of hydrogen-bond acceptors (Lipinski definition) is 4. The summed E-state index contributed by atoms with van der Waals surface area (Å²) >= 11 is 0. The molecule has 0 aromatic rings. The van der Waals surface area contributed by atoms with Crippen molar-refractivity contribution in [1.29, 1.82) is 0 Å². The van der Waals surface area contributed by atoms with E-state index in [2.05, 4.69) is 5.32 Å². The molecular weight excluding hydrogens is 252 g/mol. The van der Waals surface area contributed by atoms with E-state index in [1.807, 2.05) is 13.8 Å². The van der Waals surface area contributed by atoms with Crippen molar-refractivity contribution in [2.75, 3.05) is 32.8 Å². The molecule has 19 heavy (non-hydrogen) atoms. The molecule has 0 aromatic carbocycles. The fraction of sp³-hybridized carbons (Fsp3) is 0.833. The number of carboxylic acid groups (broad SMARTS) is 1. The van der Waals surface area contributed by atoms with E-state index in [4.69, 9.17) is 14.6 Å². The van der Waals surface area contributed by atoms with Gasteiger partial charge in [-0.3, -0.25) is 0 Å². The van der Waals surface area contributed by atoms with Gasteiger partial charge in [0, 0.05) is 13.2 Å². The van der Waals surface area contributed by atoms with Crippen LogP contribution in [-0.2, 0) is 14.3 Å². The molecule has 110 valence electrons. The van der Waals surface area contributed by atoms with Crippen LogP contribution in [0, 0.1) is 0 Å². The van der Waals surface area contributed by atoms with Gasteiger partial charge in [0.2, 0.25) is 0 Å². The molecule has 1 saturated heterocycles. The number of carbonyl (C=O) groups excluding carboxylic acids is 1. The molecule has 7 heteroatoms. The summed E-state index contributed by atoms with van der Waals surface area (Å²) in [6, 6.07) is -0.178. The van der Waals surface area contributed by atoms with Crippen LogP contribution in [0.15, 0.2) is 0 Å². The first-order valence-electron chi connectivity index (χ1n) is 6.36. The summed E-state index contributed by atoms with van der Waals surface area (Å²) in [6.07, 6.45) is -0.0233. The SMILES string of the molecule is CCOC(C)CNC(=O)N1CC(C)(OCC(=O)O)C1. The Labute approximate surface area is 112 Å². The molecule has 0 bridgehead atoms. The minimum Gasteiger partial charge on any atom is -0.480 e. The molecule has 1 aliphatic rings. The van der Waals surface area contributed by atoms with Gasteiger partial charge in [0.1, 0.15) is 12.2 Å². The van der Waals surface area contributed by atoms with Gasteiger partial charge in [-0.2, -0.15) is 0 Å². The van der Waals surface area contributed by atoms with Gasteiger partial charge in [-0.1, -0.05) is 0 Å². The predicted molar refractivity (Wildman–Crippen MR) is 68.1 cm³/mol. The maximum Gasteiger partial charge on any atom is 0.329 e. The largest absolute Gasteiger partial charge is 0.480 e. The third-order valence-electron chi connectivity index (χ3n) is 2.87. The summed E-state index contributed by atoms with van der Waals surface area (Å²) in [5, 5.41) is 11.3. The first-order valence-corrected chi connectivity index (χ1v) is 6.36. The molecule has 2 N–H and O–H groups in total. The number of rotatable bonds is 7. The molecule has 0 spiro atoms. The van der Waals surface area contributed by atoms with Crippen molar-refractivity contribution in [2.45, 2.75) is 32.5 Å². The number of nitrogens with zero attached hydrogens (tertiary/aromatic N) is 1. The Hall–Kier alpha value is -1.34. The number of nitrogens with one attached hydrogen (secondary N) is 1. The van der Waals surface area contributed by atoms with Crippen LogP contribution >= 0.6 is 0 Å². The van der Waals surface area contributed by atoms with Gasteiger partial charge >= 0.3 is 12.0 Å². The standard InChI is InChI=1S/C12H22N2O5/c1-4-18-9(2)5-13-11(17)14-7-12(3,8-14)19-6-10(15)16/h9H,4-8H2,1-3H3,(H,13,17)(H,15,16). The molecule has 1 unspecified atom stereocenters. The van der Waals surface area contributed by atoms with Gasteiger partial charge in [0.15, 0.2) is 0 Å². The zero-order chi connectivity index (χ0) is 14.5. The van der Waals surface area contributed by atoms with Crippen LogP contribution in [0.25, 0.3) is 0 Å². The van der Waals surface area contributed by atoms with E-state index in [-0.39, 0.29) is 18.7 Å². The minimum atomic E-state index is -1.00. The Bertz CT molecular complexity index is 328. The highest BCUT2D eigenvalue weighted by Crippen LogP contribution is 2.24. The number of hydrogen-bond donors (Lipinski definition) is 2. The highest BCUT2D eigenvalue weighted by molar-refractivity contribution is 5.75. The third-order valence-corrected chi connectivity index (χ3v) is 2.87. The van der Waals surface area contributed by atoms with E-state index in [1.165, 1.54) is 0 Å². The van der Waals surface area contributed by atoms with E-state index in [9.17, 15) is 9.59 Å². The Balaban J connectivity index is 2.22. The Morgan fingerprint density at radius 3 is 2.63 bits per heavy atom. The average Bonchev–Trinajstić information content (AvgIpc) is 2.30. The first kappa shape index (κ1) is 15.7. The number of aliphatic carboxylic acids is 1. The molecule has 0 aliphatic carbocycles. The number of amides is 2. The van der Waals surface area contributed by atoms with Crippen molar-refractivity contribution >= 4 is 12.0 Å². The quantitative estimate of drug-likeness (QED) is 0.697. The number of urea groups is 1. The van der Waals surface area contributed by atoms with Gasteiger partial charge in [-0.25, -0.2) is 9.59 Å². The summed E-state index contributed by atoms with van der Waals surface area (Å²) < 4.78 is 10.5. The second-order valence-electron chi connectivity index (χ2n) is 4.94. The van der Waals surface area contributed by atoms with Crippen molar-refractivity contribution in [3.63, 3.8) is 0 Å². The summed E-state index contributed by atoms with van der Waals surface area (Å²) in [7, 11) is 0. The fourth-order valence-corrected chi connectivity index (χ4v) is 1.92. The van der Waals surface area contributed by atoms with Crippen molar-refractivity contribution in [2.24, 2.45) is 0 Å². The van der Waals surface area contributed by atoms with Crippen LogP contribution in [-0.4, -0.2) is 66.6 Å². The second kappa shape index (κ2) is 6.72. The third kappa shape index (κ3) is 5.04. The van der Waals surface area contributed by atoms with E-state index < -0.39 is 11.6 Å². The molecule has 2 amide bonds. The topological polar surface area (TPSA) is 88.1 Å². The Morgan fingerprint density at radius 1 is 1.47 bits per heavy atom. The number of carbonyl (C=O) groups is 2. The van der Waals surface area contributed by atoms with Crippen molar-refractivity contribution in [3.05, 3.63) is 0 Å². The van der Waals surface area contributed by atoms with Gasteiger partial charge < -0.3 is 24.8 Å². The molecule has 1 fully saturated rings. The lowest BCUT2D eigenvalue weighted by molar-refractivity contribution is -0.159. The van der Waals surface area contributed by atoms with Crippen LogP contribution in [0.4, 0.5) is 4.79 Å². The molecule has 0 saturated carbocycles. The summed E-state index contributed by atoms with van der Waals surface area (Å²) in [4.78, 5) is 23.7. The van der Waals surface area contributed by atoms with Crippen LogP contribution in [0.1, 0.15) is 20.8 Å². The molecular formula is C12H22N2O5. The van der Waals surface area contributed by atoms with Gasteiger partial charge in [0.25, 0.3) is 0 Å². The van der Waals surface area contributed by atoms with Crippen LogP contribution < -0.4 is 5.32 Å². The van der Waals surface area contributed by atoms with Gasteiger partial charge in [-0.05, 0) is 20.8 Å². The summed E-state index contributed by atoms with van der Waals surface area (Å²) in [6.45, 7) is 7.11. The molecule has 0 aromatic heterocycles. The fourth-order valence-electron chi connectivity index (χ4n) is 1.92. The normalized spacial score (nSPS) is 18.6. The maximum atomic E-state index is 11.7. The number of carboxylic acids is 1. The van der Waals surface area contributed by atoms with E-state index in [0.717, 1.165) is 0 Å². The monoisotopic (exact) mass is 274 g/mol. The molecule has 1 aliphatic heterocycles. The average molecular weight is 274 g/mol. The van der Waals surface area contributed by atoms with E-state index >= 15 is 0 Å². The van der Waals surface area contributed by atoms with Crippen molar-refractivity contribution in [3.8, 4) is 0 Å². The number of likely N-dealkylation sites (tertiary alicyclic amines) is 1. The van der Waals surface area contributed by atoms with Crippen LogP contribution in [0.2, 0.25) is 0 Å². The van der Waals surface area contributed by atoms with E-state index in [0.29, 0.717) is 26.2 Å². The first-order chi connectivity index (χ1) is 8.86. The second-order valence-corrected chi connectivity index (χ2v) is 4.94. The smallest absolute Gasteiger partial charge is 0.329 e. The van der Waals surface area contributed by atoms with Crippen molar-refractivity contribution in [1.82, 2.24) is 10.2 Å². The predicted octanol–water partition coefficient (Wildman–Crippen LogP) is 0.297. The summed E-state index contributed by atoms with van der Waals surface area (Å²) in [5.74, 6) is -1.00. The lowest BCUT2D eigenvalue weighted by Gasteiger charge is -2.47. The highest BCUT2D eigenvalue weighted by Gasteiger charge is 2.42.